The molecule has 0 aliphatic carbocycles. The van der Waals surface area contributed by atoms with Crippen molar-refractivity contribution < 1.29 is 19.4 Å². The van der Waals surface area contributed by atoms with Crippen LogP contribution in [0.2, 0.25) is 0 Å². The summed E-state index contributed by atoms with van der Waals surface area (Å²) in [4.78, 5) is 52.2. The molecule has 0 saturated heterocycles. The second kappa shape index (κ2) is 10.4. The summed E-state index contributed by atoms with van der Waals surface area (Å²) in [6.45, 7) is 0.358. The van der Waals surface area contributed by atoms with Crippen molar-refractivity contribution >= 4 is 57.8 Å². The lowest BCUT2D eigenvalue weighted by atomic mass is 10.0. The Hall–Kier alpha value is -3.28. The zero-order valence-corrected chi connectivity index (χ0v) is 20.8. The van der Waals surface area contributed by atoms with Gasteiger partial charge in [0.2, 0.25) is 11.8 Å². The number of carbonyl (C=O) groups is 2. The van der Waals surface area contributed by atoms with Crippen LogP contribution in [0.4, 0.5) is 22.7 Å². The van der Waals surface area contributed by atoms with Crippen LogP contribution in [0.3, 0.4) is 0 Å². The molecule has 36 heavy (non-hydrogen) atoms. The third-order valence-corrected chi connectivity index (χ3v) is 7.25. The number of amides is 2. The molecule has 2 amide bonds. The Kier molecular flexibility index (Phi) is 7.43. The highest BCUT2D eigenvalue weighted by molar-refractivity contribution is 6.19. The van der Waals surface area contributed by atoms with E-state index in [1.807, 2.05) is 0 Å². The Labute approximate surface area is 216 Å². The van der Waals surface area contributed by atoms with Gasteiger partial charge in [-0.05, 0) is 30.3 Å². The first kappa shape index (κ1) is 25.8. The molecule has 0 N–H and O–H groups in total. The van der Waals surface area contributed by atoms with Crippen LogP contribution in [0.1, 0.15) is 23.0 Å². The van der Waals surface area contributed by atoms with Gasteiger partial charge in [0.1, 0.15) is 0 Å². The standard InChI is InChI=1S/C23H23Cl2N5O6/c1-26(12-22(31)27-10-14(8-24)18-4-2-16(29(33)34)6-20(18)27)13-23(32)28-11-15(9-25)19-5-3-17(30(35)36)7-21(19)28/h2-7,14-15H,8-13H2,1H3. The van der Waals surface area contributed by atoms with Crippen molar-refractivity contribution in [2.45, 2.75) is 11.8 Å². The molecule has 0 spiro atoms. The second-order valence-corrected chi connectivity index (χ2v) is 9.50. The number of hydrogen-bond acceptors (Lipinski definition) is 7. The third kappa shape index (κ3) is 4.86. The molecule has 4 rings (SSSR count). The maximum absolute atomic E-state index is 13.1. The summed E-state index contributed by atoms with van der Waals surface area (Å²) >= 11 is 12.1. The Balaban J connectivity index is 1.47. The molecule has 0 radical (unpaired) electrons. The summed E-state index contributed by atoms with van der Waals surface area (Å²) in [6, 6.07) is 8.76. The van der Waals surface area contributed by atoms with Gasteiger partial charge in [-0.15, -0.1) is 23.2 Å². The van der Waals surface area contributed by atoms with Crippen molar-refractivity contribution in [3.63, 3.8) is 0 Å². The highest BCUT2D eigenvalue weighted by Crippen LogP contribution is 2.40. The summed E-state index contributed by atoms with van der Waals surface area (Å²) in [7, 11) is 1.61. The number of nitrogens with zero attached hydrogens (tertiary/aromatic N) is 5. The van der Waals surface area contributed by atoms with Gasteiger partial charge in [-0.2, -0.15) is 0 Å². The molecule has 2 aliphatic heterocycles. The van der Waals surface area contributed by atoms with Crippen molar-refractivity contribution in [2.24, 2.45) is 0 Å². The summed E-state index contributed by atoms with van der Waals surface area (Å²) < 4.78 is 0. The van der Waals surface area contributed by atoms with Crippen LogP contribution in [-0.4, -0.2) is 71.5 Å². The average molecular weight is 536 g/mol. The number of non-ortho nitro benzene ring substituents is 2. The molecule has 0 aromatic heterocycles. The topological polar surface area (TPSA) is 130 Å². The lowest BCUT2D eigenvalue weighted by Crippen LogP contribution is -2.43. The molecule has 190 valence electrons. The third-order valence-electron chi connectivity index (χ3n) is 6.50. The first-order valence-electron chi connectivity index (χ1n) is 11.1. The number of fused-ring (bicyclic) bond motifs is 2. The number of benzene rings is 2. The Morgan fingerprint density at radius 3 is 1.58 bits per heavy atom. The number of alkyl halides is 2. The van der Waals surface area contributed by atoms with E-state index in [0.717, 1.165) is 11.1 Å². The predicted octanol–water partition coefficient (Wildman–Crippen LogP) is 3.47. The molecular weight excluding hydrogens is 513 g/mol. The molecular formula is C23H23Cl2N5O6. The molecule has 2 unspecified atom stereocenters. The summed E-state index contributed by atoms with van der Waals surface area (Å²) in [5.41, 5.74) is 2.19. The van der Waals surface area contributed by atoms with E-state index in [-0.39, 0.29) is 59.9 Å². The maximum Gasteiger partial charge on any atom is 0.271 e. The summed E-state index contributed by atoms with van der Waals surface area (Å²) in [5.74, 6) is -0.437. The molecule has 0 saturated carbocycles. The Morgan fingerprint density at radius 2 is 1.25 bits per heavy atom. The first-order valence-corrected chi connectivity index (χ1v) is 12.2. The van der Waals surface area contributed by atoms with Crippen LogP contribution >= 0.6 is 23.2 Å². The number of nitro benzene ring substituents is 2. The smallest absolute Gasteiger partial charge is 0.271 e. The van der Waals surface area contributed by atoms with E-state index in [9.17, 15) is 29.8 Å². The quantitative estimate of drug-likeness (QED) is 0.287. The number of hydrogen-bond donors (Lipinski definition) is 0. The van der Waals surface area contributed by atoms with Gasteiger partial charge in [-0.25, -0.2) is 0 Å². The molecule has 2 heterocycles. The van der Waals surface area contributed by atoms with Gasteiger partial charge in [0.15, 0.2) is 0 Å². The zero-order chi connectivity index (χ0) is 26.1. The van der Waals surface area contributed by atoms with Crippen LogP contribution in [0.5, 0.6) is 0 Å². The van der Waals surface area contributed by atoms with E-state index in [1.165, 1.54) is 34.1 Å². The minimum atomic E-state index is -0.520. The van der Waals surface area contributed by atoms with E-state index >= 15 is 0 Å². The van der Waals surface area contributed by atoms with Crippen molar-refractivity contribution in [1.82, 2.24) is 4.90 Å². The summed E-state index contributed by atoms with van der Waals surface area (Å²) in [6.07, 6.45) is 0. The van der Waals surface area contributed by atoms with Gasteiger partial charge in [-0.3, -0.25) is 34.7 Å². The number of carbonyl (C=O) groups excluding carboxylic acids is 2. The monoisotopic (exact) mass is 535 g/mol. The fourth-order valence-corrected chi connectivity index (χ4v) is 5.24. The average Bonchev–Trinajstić information content (AvgIpc) is 3.41. The van der Waals surface area contributed by atoms with E-state index in [1.54, 1.807) is 24.1 Å². The van der Waals surface area contributed by atoms with E-state index in [2.05, 4.69) is 0 Å². The largest absolute Gasteiger partial charge is 0.310 e. The minimum absolute atomic E-state index is 0.114. The van der Waals surface area contributed by atoms with Gasteiger partial charge in [0.25, 0.3) is 11.4 Å². The van der Waals surface area contributed by atoms with Gasteiger partial charge < -0.3 is 9.80 Å². The summed E-state index contributed by atoms with van der Waals surface area (Å²) in [5, 5.41) is 22.4. The molecule has 2 aliphatic rings. The Bertz CT molecular complexity index is 1150. The second-order valence-electron chi connectivity index (χ2n) is 8.88. The normalized spacial score (nSPS) is 18.3. The van der Waals surface area contributed by atoms with Crippen molar-refractivity contribution in [2.75, 3.05) is 54.8 Å². The lowest BCUT2D eigenvalue weighted by Gasteiger charge is -2.24. The van der Waals surface area contributed by atoms with Crippen LogP contribution < -0.4 is 9.80 Å². The van der Waals surface area contributed by atoms with Gasteiger partial charge in [-0.1, -0.05) is 0 Å². The van der Waals surface area contributed by atoms with Crippen molar-refractivity contribution in [3.05, 3.63) is 67.8 Å². The molecule has 2 aromatic carbocycles. The maximum atomic E-state index is 13.1. The molecule has 2 atom stereocenters. The molecule has 13 heteroatoms. The lowest BCUT2D eigenvalue weighted by molar-refractivity contribution is -0.385. The first-order chi connectivity index (χ1) is 17.1. The van der Waals surface area contributed by atoms with E-state index in [4.69, 9.17) is 23.2 Å². The van der Waals surface area contributed by atoms with Crippen LogP contribution in [0, 0.1) is 20.2 Å². The van der Waals surface area contributed by atoms with Crippen LogP contribution in [0.15, 0.2) is 36.4 Å². The van der Waals surface area contributed by atoms with Crippen LogP contribution in [-0.2, 0) is 9.59 Å². The highest BCUT2D eigenvalue weighted by atomic mass is 35.5. The molecule has 0 fully saturated rings. The van der Waals surface area contributed by atoms with Gasteiger partial charge in [0, 0.05) is 61.0 Å². The van der Waals surface area contributed by atoms with Crippen molar-refractivity contribution in [3.8, 4) is 0 Å². The number of anilines is 2. The van der Waals surface area contributed by atoms with Gasteiger partial charge in [0.05, 0.1) is 34.3 Å². The molecule has 0 bridgehead atoms. The molecule has 2 aromatic rings. The number of nitro groups is 2. The number of halogens is 2. The highest BCUT2D eigenvalue weighted by Gasteiger charge is 2.36. The van der Waals surface area contributed by atoms with E-state index in [0.29, 0.717) is 24.5 Å². The Morgan fingerprint density at radius 1 is 0.861 bits per heavy atom. The predicted molar refractivity (Wildman–Crippen MR) is 135 cm³/mol. The number of likely N-dealkylation sites (N-methyl/N-ethyl adjacent to an activating group) is 1. The van der Waals surface area contributed by atoms with Crippen LogP contribution in [0.25, 0.3) is 0 Å². The minimum Gasteiger partial charge on any atom is -0.310 e. The van der Waals surface area contributed by atoms with Crippen molar-refractivity contribution in [1.29, 1.82) is 0 Å². The number of rotatable bonds is 8. The fourth-order valence-electron chi connectivity index (χ4n) is 4.71. The zero-order valence-electron chi connectivity index (χ0n) is 19.3. The SMILES string of the molecule is CN(CC(=O)N1CC(CCl)c2ccc([N+](=O)[O-])cc21)CC(=O)N1CC(CCl)c2ccc([N+](=O)[O-])cc21. The van der Waals surface area contributed by atoms with E-state index < -0.39 is 9.85 Å². The molecule has 11 nitrogen and oxygen atoms in total. The van der Waals surface area contributed by atoms with Gasteiger partial charge >= 0.3 is 0 Å². The fraction of sp³-hybridized carbons (Fsp3) is 0.391.